The van der Waals surface area contributed by atoms with Crippen LogP contribution in [0.2, 0.25) is 0 Å². The molecule has 0 aliphatic rings. The topological polar surface area (TPSA) is 38.3 Å². The number of hydrogen-bond acceptors (Lipinski definition) is 2. The molecule has 0 bridgehead atoms. The first kappa shape index (κ1) is 14.9. The van der Waals surface area contributed by atoms with Crippen LogP contribution in [0, 0.1) is 0 Å². The normalized spacial score (nSPS) is 11.5. The van der Waals surface area contributed by atoms with E-state index in [0.717, 1.165) is 24.6 Å². The number of alkyl halides is 1. The number of nitrogens with one attached hydrogen (secondary N) is 1. The van der Waals surface area contributed by atoms with Gasteiger partial charge in [-0.15, -0.1) is 0 Å². The molecule has 0 aromatic carbocycles. The van der Waals surface area contributed by atoms with Gasteiger partial charge in [-0.2, -0.15) is 0 Å². The van der Waals surface area contributed by atoms with Crippen molar-refractivity contribution in [2.24, 2.45) is 0 Å². The molecular weight excluding hydrogens is 258 g/mol. The zero-order valence-corrected chi connectivity index (χ0v) is 11.5. The Bertz CT molecular complexity index is 173. The Morgan fingerprint density at radius 1 is 1.33 bits per heavy atom. The van der Waals surface area contributed by atoms with Crippen molar-refractivity contribution in [2.45, 2.75) is 45.6 Å². The Kier molecular flexibility index (Phi) is 8.06. The quantitative estimate of drug-likeness (QED) is 0.548. The van der Waals surface area contributed by atoms with Crippen LogP contribution in [0.25, 0.3) is 0 Å². The second-order valence-corrected chi connectivity index (χ2v) is 4.28. The largest absolute Gasteiger partial charge is 0.372 e. The third kappa shape index (κ3) is 5.52. The van der Waals surface area contributed by atoms with Crippen LogP contribution in [0.4, 0.5) is 0 Å². The van der Waals surface area contributed by atoms with Crippen molar-refractivity contribution in [2.75, 3.05) is 18.5 Å². The third-order valence-corrected chi connectivity index (χ3v) is 3.67. The maximum absolute atomic E-state index is 11.6. The van der Waals surface area contributed by atoms with Crippen LogP contribution in [-0.2, 0) is 9.53 Å². The average Bonchev–Trinajstić information content (AvgIpc) is 2.26. The number of carbonyl (C=O) groups excluding carboxylic acids is 1. The monoisotopic (exact) mass is 279 g/mol. The highest BCUT2D eigenvalue weighted by molar-refractivity contribution is 9.09. The summed E-state index contributed by atoms with van der Waals surface area (Å²) in [7, 11) is 0. The van der Waals surface area contributed by atoms with Crippen LogP contribution in [0.5, 0.6) is 0 Å². The number of rotatable bonds is 8. The Hall–Kier alpha value is -0.0900. The maximum atomic E-state index is 11.6. The fourth-order valence-electron chi connectivity index (χ4n) is 1.29. The SMILES string of the molecule is CCCOCC(=O)NC(CC)(CC)CBr. The Morgan fingerprint density at radius 3 is 2.33 bits per heavy atom. The number of halogens is 1. The van der Waals surface area contributed by atoms with Gasteiger partial charge < -0.3 is 10.1 Å². The molecule has 0 heterocycles. The summed E-state index contributed by atoms with van der Waals surface area (Å²) in [6.07, 6.45) is 2.79. The van der Waals surface area contributed by atoms with Gasteiger partial charge in [0, 0.05) is 17.5 Å². The molecule has 0 radical (unpaired) electrons. The van der Waals surface area contributed by atoms with Crippen LogP contribution in [0.15, 0.2) is 0 Å². The van der Waals surface area contributed by atoms with Crippen molar-refractivity contribution in [3.8, 4) is 0 Å². The van der Waals surface area contributed by atoms with Gasteiger partial charge in [0.25, 0.3) is 0 Å². The van der Waals surface area contributed by atoms with E-state index in [2.05, 4.69) is 35.1 Å². The summed E-state index contributed by atoms with van der Waals surface area (Å²) in [5, 5.41) is 3.81. The van der Waals surface area contributed by atoms with Gasteiger partial charge in [-0.25, -0.2) is 0 Å². The van der Waals surface area contributed by atoms with Crippen molar-refractivity contribution < 1.29 is 9.53 Å². The Balaban J connectivity index is 4.00. The average molecular weight is 280 g/mol. The van der Waals surface area contributed by atoms with E-state index in [1.807, 2.05) is 6.92 Å². The molecule has 0 aromatic rings. The van der Waals surface area contributed by atoms with Gasteiger partial charge in [0.05, 0.1) is 0 Å². The predicted octanol–water partition coefficient (Wildman–Crippen LogP) is 2.48. The molecule has 90 valence electrons. The van der Waals surface area contributed by atoms with Crippen LogP contribution < -0.4 is 5.32 Å². The second-order valence-electron chi connectivity index (χ2n) is 3.72. The summed E-state index contributed by atoms with van der Waals surface area (Å²) in [6, 6.07) is 0. The van der Waals surface area contributed by atoms with Crippen LogP contribution >= 0.6 is 15.9 Å². The van der Waals surface area contributed by atoms with Crippen LogP contribution in [-0.4, -0.2) is 30.0 Å². The van der Waals surface area contributed by atoms with Crippen molar-refractivity contribution in [1.82, 2.24) is 5.32 Å². The van der Waals surface area contributed by atoms with Crippen LogP contribution in [0.1, 0.15) is 40.0 Å². The summed E-state index contributed by atoms with van der Waals surface area (Å²) in [5.74, 6) is -0.0217. The molecule has 0 spiro atoms. The molecule has 0 unspecified atom stereocenters. The third-order valence-electron chi connectivity index (χ3n) is 2.60. The van der Waals surface area contributed by atoms with Gasteiger partial charge in [0.1, 0.15) is 6.61 Å². The molecule has 1 N–H and O–H groups in total. The predicted molar refractivity (Wildman–Crippen MR) is 66.4 cm³/mol. The first-order valence-electron chi connectivity index (χ1n) is 5.58. The van der Waals surface area contributed by atoms with Crippen LogP contribution in [0.3, 0.4) is 0 Å². The van der Waals surface area contributed by atoms with E-state index >= 15 is 0 Å². The van der Waals surface area contributed by atoms with Gasteiger partial charge in [0.2, 0.25) is 5.91 Å². The minimum atomic E-state index is -0.118. The minimum absolute atomic E-state index is 0.0217. The molecule has 0 fully saturated rings. The molecule has 3 nitrogen and oxygen atoms in total. The van der Waals surface area contributed by atoms with Gasteiger partial charge in [-0.1, -0.05) is 36.7 Å². The lowest BCUT2D eigenvalue weighted by atomic mass is 9.95. The summed E-state index contributed by atoms with van der Waals surface area (Å²) >= 11 is 3.45. The number of hydrogen-bond donors (Lipinski definition) is 1. The van der Waals surface area contributed by atoms with E-state index in [4.69, 9.17) is 4.74 Å². The molecule has 0 saturated carbocycles. The van der Waals surface area contributed by atoms with Crippen molar-refractivity contribution in [3.05, 3.63) is 0 Å². The lowest BCUT2D eigenvalue weighted by Crippen LogP contribution is -2.50. The fraction of sp³-hybridized carbons (Fsp3) is 0.909. The zero-order valence-electron chi connectivity index (χ0n) is 9.94. The van der Waals surface area contributed by atoms with E-state index < -0.39 is 0 Å². The summed E-state index contributed by atoms with van der Waals surface area (Å²) in [6.45, 7) is 7.00. The highest BCUT2D eigenvalue weighted by atomic mass is 79.9. The lowest BCUT2D eigenvalue weighted by molar-refractivity contribution is -0.127. The molecule has 0 rings (SSSR count). The smallest absolute Gasteiger partial charge is 0.246 e. The molecule has 0 saturated heterocycles. The van der Waals surface area contributed by atoms with E-state index in [-0.39, 0.29) is 18.1 Å². The highest BCUT2D eigenvalue weighted by Gasteiger charge is 2.26. The summed E-state index contributed by atoms with van der Waals surface area (Å²) in [5.41, 5.74) is -0.118. The van der Waals surface area contributed by atoms with Gasteiger partial charge in [0.15, 0.2) is 0 Å². The fourth-order valence-corrected chi connectivity index (χ4v) is 2.22. The summed E-state index contributed by atoms with van der Waals surface area (Å²) in [4.78, 5) is 11.6. The van der Waals surface area contributed by atoms with Crippen molar-refractivity contribution in [3.63, 3.8) is 0 Å². The van der Waals surface area contributed by atoms with Gasteiger partial charge in [-0.05, 0) is 19.3 Å². The molecule has 0 aliphatic carbocycles. The molecular formula is C11H22BrNO2. The number of amides is 1. The molecule has 4 heteroatoms. The minimum Gasteiger partial charge on any atom is -0.372 e. The molecule has 15 heavy (non-hydrogen) atoms. The molecule has 1 amide bonds. The van der Waals surface area contributed by atoms with Gasteiger partial charge >= 0.3 is 0 Å². The highest BCUT2D eigenvalue weighted by Crippen LogP contribution is 2.17. The number of carbonyl (C=O) groups is 1. The van der Waals surface area contributed by atoms with Crippen molar-refractivity contribution in [1.29, 1.82) is 0 Å². The van der Waals surface area contributed by atoms with E-state index in [0.29, 0.717) is 6.61 Å². The summed E-state index contributed by atoms with van der Waals surface area (Å²) < 4.78 is 5.20. The van der Waals surface area contributed by atoms with E-state index in [9.17, 15) is 4.79 Å². The first-order valence-corrected chi connectivity index (χ1v) is 6.71. The lowest BCUT2D eigenvalue weighted by Gasteiger charge is -2.30. The zero-order chi connectivity index (χ0) is 11.7. The van der Waals surface area contributed by atoms with Crippen molar-refractivity contribution >= 4 is 21.8 Å². The van der Waals surface area contributed by atoms with E-state index in [1.54, 1.807) is 0 Å². The number of ether oxygens (including phenoxy) is 1. The molecule has 0 atom stereocenters. The second kappa shape index (κ2) is 8.11. The van der Waals surface area contributed by atoms with Gasteiger partial charge in [-0.3, -0.25) is 4.79 Å². The first-order chi connectivity index (χ1) is 7.14. The molecule has 0 aromatic heterocycles. The standard InChI is InChI=1S/C11H22BrNO2/c1-4-7-15-8-10(14)13-11(5-2,6-3)9-12/h4-9H2,1-3H3,(H,13,14). The Morgan fingerprint density at radius 2 is 1.93 bits per heavy atom. The van der Waals surface area contributed by atoms with E-state index in [1.165, 1.54) is 0 Å². The maximum Gasteiger partial charge on any atom is 0.246 e. The Labute approximate surface area is 101 Å². The molecule has 0 aliphatic heterocycles.